The van der Waals surface area contributed by atoms with Crippen molar-refractivity contribution >= 4 is 35.0 Å². The molecule has 1 saturated carbocycles. The van der Waals surface area contributed by atoms with E-state index in [2.05, 4.69) is 9.80 Å². The number of hydrogen-bond acceptors (Lipinski definition) is 5. The van der Waals surface area contributed by atoms with Crippen molar-refractivity contribution < 1.29 is 14.3 Å². The maximum atomic E-state index is 14.1. The Kier molecular flexibility index (Phi) is 8.05. The summed E-state index contributed by atoms with van der Waals surface area (Å²) in [5.74, 6) is 0.362. The first-order valence-electron chi connectivity index (χ1n) is 13.3. The Bertz CT molecular complexity index is 926. The molecule has 1 aromatic carbocycles. The Balaban J connectivity index is 1.32. The van der Waals surface area contributed by atoms with Gasteiger partial charge in [0.25, 0.3) is 0 Å². The van der Waals surface area contributed by atoms with E-state index in [0.29, 0.717) is 47.8 Å². The highest BCUT2D eigenvalue weighted by molar-refractivity contribution is 6.42. The van der Waals surface area contributed by atoms with Crippen molar-refractivity contribution in [2.24, 2.45) is 5.92 Å². The Morgan fingerprint density at radius 2 is 1.74 bits per heavy atom. The standard InChI is InChI=1S/C27H37Cl2N3O3/c28-23-7-6-21(16-24(23)29)27(10-11-30-18-22(19-30)31-12-14-35-15-13-31)9-8-25(33)32(26(27)34)17-20-4-2-1-3-5-20/h6-7,16,20,22H,1-5,8-15,17-19H2. The van der Waals surface area contributed by atoms with Gasteiger partial charge in [-0.3, -0.25) is 19.4 Å². The minimum atomic E-state index is -0.735. The lowest BCUT2D eigenvalue weighted by atomic mass is 9.70. The van der Waals surface area contributed by atoms with Crippen molar-refractivity contribution in [2.75, 3.05) is 52.5 Å². The third kappa shape index (κ3) is 5.42. The number of carbonyl (C=O) groups is 2. The van der Waals surface area contributed by atoms with Crippen LogP contribution in [0.1, 0.15) is 56.9 Å². The zero-order valence-corrected chi connectivity index (χ0v) is 22.0. The number of carbonyl (C=O) groups excluding carboxylic acids is 2. The lowest BCUT2D eigenvalue weighted by molar-refractivity contribution is -0.155. The van der Waals surface area contributed by atoms with Crippen molar-refractivity contribution in [1.82, 2.24) is 14.7 Å². The molecule has 1 atom stereocenters. The van der Waals surface area contributed by atoms with Gasteiger partial charge in [-0.05, 0) is 55.8 Å². The Hall–Kier alpha value is -1.18. The summed E-state index contributed by atoms with van der Waals surface area (Å²) in [6, 6.07) is 6.15. The molecule has 4 aliphatic rings. The van der Waals surface area contributed by atoms with E-state index in [1.807, 2.05) is 12.1 Å². The molecule has 1 aliphatic carbocycles. The molecule has 35 heavy (non-hydrogen) atoms. The first-order chi connectivity index (χ1) is 17.0. The van der Waals surface area contributed by atoms with Gasteiger partial charge in [-0.1, -0.05) is 48.5 Å². The Morgan fingerprint density at radius 1 is 1.00 bits per heavy atom. The molecule has 1 aromatic rings. The summed E-state index contributed by atoms with van der Waals surface area (Å²) < 4.78 is 5.49. The number of likely N-dealkylation sites (tertiary alicyclic amines) is 2. The number of nitrogens with zero attached hydrogens (tertiary/aromatic N) is 3. The number of ether oxygens (including phenoxy) is 1. The molecular weight excluding hydrogens is 485 g/mol. The molecule has 3 heterocycles. The maximum Gasteiger partial charge on any atom is 0.239 e. The number of hydrogen-bond donors (Lipinski definition) is 0. The number of morpholine rings is 1. The average Bonchev–Trinajstić information content (AvgIpc) is 2.85. The van der Waals surface area contributed by atoms with Crippen LogP contribution in [0.2, 0.25) is 10.0 Å². The first-order valence-corrected chi connectivity index (χ1v) is 14.1. The highest BCUT2D eigenvalue weighted by Crippen LogP contribution is 2.42. The fraction of sp³-hybridized carbons (Fsp3) is 0.704. The van der Waals surface area contributed by atoms with E-state index in [9.17, 15) is 9.59 Å². The van der Waals surface area contributed by atoms with Crippen LogP contribution in [0.5, 0.6) is 0 Å². The van der Waals surface area contributed by atoms with E-state index < -0.39 is 5.41 Å². The fourth-order valence-corrected chi connectivity index (χ4v) is 6.73. The van der Waals surface area contributed by atoms with Crippen LogP contribution in [0, 0.1) is 5.92 Å². The normalized spacial score (nSPS) is 27.9. The van der Waals surface area contributed by atoms with E-state index >= 15 is 0 Å². The predicted octanol–water partition coefficient (Wildman–Crippen LogP) is 4.37. The van der Waals surface area contributed by atoms with Gasteiger partial charge in [0.05, 0.1) is 28.7 Å². The molecule has 5 rings (SSSR count). The number of amides is 2. The number of halogens is 2. The summed E-state index contributed by atoms with van der Waals surface area (Å²) in [7, 11) is 0. The third-order valence-electron chi connectivity index (χ3n) is 8.71. The van der Waals surface area contributed by atoms with Gasteiger partial charge >= 0.3 is 0 Å². The Labute approximate surface area is 218 Å². The van der Waals surface area contributed by atoms with Crippen molar-refractivity contribution in [1.29, 1.82) is 0 Å². The first kappa shape index (κ1) is 25.5. The smallest absolute Gasteiger partial charge is 0.239 e. The van der Waals surface area contributed by atoms with Gasteiger partial charge in [-0.15, -0.1) is 0 Å². The molecule has 0 bridgehead atoms. The number of benzene rings is 1. The molecule has 1 unspecified atom stereocenters. The molecule has 4 fully saturated rings. The van der Waals surface area contributed by atoms with Gasteiger partial charge in [0.1, 0.15) is 0 Å². The largest absolute Gasteiger partial charge is 0.379 e. The van der Waals surface area contributed by atoms with E-state index in [1.165, 1.54) is 19.3 Å². The highest BCUT2D eigenvalue weighted by atomic mass is 35.5. The quantitative estimate of drug-likeness (QED) is 0.498. The van der Waals surface area contributed by atoms with Gasteiger partial charge in [0.2, 0.25) is 11.8 Å². The van der Waals surface area contributed by atoms with Crippen LogP contribution in [0.25, 0.3) is 0 Å². The zero-order valence-electron chi connectivity index (χ0n) is 20.5. The molecule has 3 aliphatic heterocycles. The van der Waals surface area contributed by atoms with Crippen molar-refractivity contribution in [3.8, 4) is 0 Å². The highest BCUT2D eigenvalue weighted by Gasteiger charge is 2.49. The fourth-order valence-electron chi connectivity index (χ4n) is 6.43. The third-order valence-corrected chi connectivity index (χ3v) is 9.45. The SMILES string of the molecule is O=C1CCC(CCN2CC(N3CCOCC3)C2)(c2ccc(Cl)c(Cl)c2)C(=O)N1CC1CCCCC1. The molecule has 0 aromatic heterocycles. The predicted molar refractivity (Wildman–Crippen MR) is 138 cm³/mol. The molecular formula is C27H37Cl2N3O3. The molecule has 0 spiro atoms. The average molecular weight is 523 g/mol. The number of rotatable bonds is 7. The van der Waals surface area contributed by atoms with Crippen molar-refractivity contribution in [2.45, 2.75) is 62.8 Å². The van der Waals surface area contributed by atoms with E-state index in [1.54, 1.807) is 11.0 Å². The van der Waals surface area contributed by atoms with Gasteiger partial charge < -0.3 is 9.64 Å². The summed E-state index contributed by atoms with van der Waals surface area (Å²) >= 11 is 12.6. The second-order valence-electron chi connectivity index (χ2n) is 10.8. The monoisotopic (exact) mass is 521 g/mol. The van der Waals surface area contributed by atoms with E-state index in [-0.39, 0.29) is 11.8 Å². The van der Waals surface area contributed by atoms with E-state index in [4.69, 9.17) is 27.9 Å². The summed E-state index contributed by atoms with van der Waals surface area (Å²) in [5.41, 5.74) is 0.157. The van der Waals surface area contributed by atoms with Crippen LogP contribution in [-0.2, 0) is 19.7 Å². The minimum Gasteiger partial charge on any atom is -0.379 e. The van der Waals surface area contributed by atoms with E-state index in [0.717, 1.165) is 64.3 Å². The van der Waals surface area contributed by atoms with Gasteiger partial charge in [-0.2, -0.15) is 0 Å². The lowest BCUT2D eigenvalue weighted by Crippen LogP contribution is -2.62. The minimum absolute atomic E-state index is 0.0207. The van der Waals surface area contributed by atoms with Crippen LogP contribution in [0.3, 0.4) is 0 Å². The Morgan fingerprint density at radius 3 is 2.46 bits per heavy atom. The van der Waals surface area contributed by atoms with Crippen molar-refractivity contribution in [3.63, 3.8) is 0 Å². The van der Waals surface area contributed by atoms with Gasteiger partial charge in [-0.25, -0.2) is 0 Å². The molecule has 6 nitrogen and oxygen atoms in total. The van der Waals surface area contributed by atoms with Crippen LogP contribution in [0.15, 0.2) is 18.2 Å². The molecule has 3 saturated heterocycles. The molecule has 2 amide bonds. The topological polar surface area (TPSA) is 53.1 Å². The molecule has 192 valence electrons. The van der Waals surface area contributed by atoms with Crippen LogP contribution in [-0.4, -0.2) is 85.0 Å². The van der Waals surface area contributed by atoms with Crippen LogP contribution >= 0.6 is 23.2 Å². The zero-order chi connectivity index (χ0) is 24.4. The molecule has 0 radical (unpaired) electrons. The van der Waals surface area contributed by atoms with Crippen molar-refractivity contribution in [3.05, 3.63) is 33.8 Å². The van der Waals surface area contributed by atoms with Gasteiger partial charge in [0, 0.05) is 45.2 Å². The maximum absolute atomic E-state index is 14.1. The summed E-state index contributed by atoms with van der Waals surface area (Å²) in [4.78, 5) is 33.7. The summed E-state index contributed by atoms with van der Waals surface area (Å²) in [6.45, 7) is 7.08. The lowest BCUT2D eigenvalue weighted by Gasteiger charge is -2.48. The summed E-state index contributed by atoms with van der Waals surface area (Å²) in [6.07, 6.45) is 7.47. The summed E-state index contributed by atoms with van der Waals surface area (Å²) in [5, 5.41) is 0.948. The second kappa shape index (κ2) is 11.1. The van der Waals surface area contributed by atoms with Gasteiger partial charge in [0.15, 0.2) is 0 Å². The molecule has 0 N–H and O–H groups in total. The molecule has 8 heteroatoms. The van der Waals surface area contributed by atoms with Crippen LogP contribution in [0.4, 0.5) is 0 Å². The number of imide groups is 1. The number of piperidine rings is 1. The second-order valence-corrected chi connectivity index (χ2v) is 11.7. The van der Waals surface area contributed by atoms with Crippen LogP contribution < -0.4 is 0 Å².